The monoisotopic (exact) mass is 327 g/mol. The maximum absolute atomic E-state index is 11.7. The zero-order valence-electron chi connectivity index (χ0n) is 13.4. The van der Waals surface area contributed by atoms with Crippen molar-refractivity contribution in [3.8, 4) is 11.4 Å². The van der Waals surface area contributed by atoms with E-state index in [9.17, 15) is 9.59 Å². The molecule has 0 saturated carbocycles. The Morgan fingerprint density at radius 2 is 2.12 bits per heavy atom. The first kappa shape index (κ1) is 15.9. The Hall–Kier alpha value is -3.00. The average Bonchev–Trinajstić information content (AvgIpc) is 3.15. The summed E-state index contributed by atoms with van der Waals surface area (Å²) in [7, 11) is 1.60. The lowest BCUT2D eigenvalue weighted by Crippen LogP contribution is -2.31. The van der Waals surface area contributed by atoms with Gasteiger partial charge in [-0.25, -0.2) is 4.98 Å². The predicted octanol–water partition coefficient (Wildman–Crippen LogP) is 1.30. The van der Waals surface area contributed by atoms with Gasteiger partial charge in [-0.1, -0.05) is 0 Å². The number of aromatic amines is 1. The van der Waals surface area contributed by atoms with Crippen molar-refractivity contribution >= 4 is 17.5 Å². The fraction of sp³-hybridized carbons (Fsp3) is 0.250. The first-order valence-electron chi connectivity index (χ1n) is 7.37. The van der Waals surface area contributed by atoms with Gasteiger partial charge in [0.1, 0.15) is 6.61 Å². The number of imide groups is 1. The molecule has 124 valence electrons. The number of carbonyl (C=O) groups excluding carboxylic acids is 2. The molecule has 2 aromatic rings. The molecule has 0 spiro atoms. The largest absolute Gasteiger partial charge is 0.377 e. The number of carbonyl (C=O) groups is 2. The number of methoxy groups -OCH3 is 1. The highest BCUT2D eigenvalue weighted by Gasteiger charge is 2.24. The van der Waals surface area contributed by atoms with Crippen LogP contribution in [0, 0.1) is 0 Å². The molecular formula is C16H17N5O3. The molecule has 0 saturated heterocycles. The van der Waals surface area contributed by atoms with Gasteiger partial charge in [0.15, 0.2) is 11.6 Å². The third-order valence-electron chi connectivity index (χ3n) is 3.53. The van der Waals surface area contributed by atoms with Crippen molar-refractivity contribution < 1.29 is 14.3 Å². The number of aromatic nitrogens is 3. The van der Waals surface area contributed by atoms with E-state index in [0.29, 0.717) is 24.0 Å². The Morgan fingerprint density at radius 1 is 1.38 bits per heavy atom. The van der Waals surface area contributed by atoms with Gasteiger partial charge in [-0.05, 0) is 24.3 Å². The zero-order chi connectivity index (χ0) is 17.1. The summed E-state index contributed by atoms with van der Waals surface area (Å²) < 4.78 is 5.00. The van der Waals surface area contributed by atoms with E-state index in [1.165, 1.54) is 17.9 Å². The molecule has 0 fully saturated rings. The maximum atomic E-state index is 11.7. The minimum absolute atomic E-state index is 0.261. The molecule has 1 aromatic heterocycles. The van der Waals surface area contributed by atoms with Crippen LogP contribution >= 0.6 is 0 Å². The molecule has 0 aliphatic carbocycles. The number of amides is 2. The number of nitrogens with zero attached hydrogens (tertiary/aromatic N) is 3. The first-order valence-corrected chi connectivity index (χ1v) is 7.37. The highest BCUT2D eigenvalue weighted by molar-refractivity contribution is 6.03. The van der Waals surface area contributed by atoms with Crippen molar-refractivity contribution in [1.82, 2.24) is 20.1 Å². The molecule has 2 N–H and O–H groups in total. The molecule has 0 bridgehead atoms. The molecular weight excluding hydrogens is 310 g/mol. The van der Waals surface area contributed by atoms with Crippen molar-refractivity contribution in [2.24, 2.45) is 0 Å². The number of anilines is 1. The van der Waals surface area contributed by atoms with E-state index < -0.39 is 0 Å². The standard InChI is InChI=1S/C16H17N5O3/c1-10(22)21-8-13(7-15(21)23)17-12-5-3-11(4-6-12)16-18-14(9-24-2)19-20-16/h3-7,17H,8-9H2,1-2H3,(H,18,19,20). The van der Waals surface area contributed by atoms with Crippen LogP contribution in [0.4, 0.5) is 5.69 Å². The summed E-state index contributed by atoms with van der Waals surface area (Å²) in [4.78, 5) is 28.5. The van der Waals surface area contributed by atoms with E-state index in [2.05, 4.69) is 20.5 Å². The van der Waals surface area contributed by atoms with Crippen LogP contribution in [0.5, 0.6) is 0 Å². The van der Waals surface area contributed by atoms with Gasteiger partial charge in [0.05, 0.1) is 6.54 Å². The summed E-state index contributed by atoms with van der Waals surface area (Å²) in [6.07, 6.45) is 1.43. The Kier molecular flexibility index (Phi) is 4.39. The van der Waals surface area contributed by atoms with E-state index in [0.717, 1.165) is 11.3 Å². The van der Waals surface area contributed by atoms with Crippen molar-refractivity contribution in [1.29, 1.82) is 0 Å². The lowest BCUT2D eigenvalue weighted by molar-refractivity contribution is -0.138. The number of nitrogens with one attached hydrogen (secondary N) is 2. The second-order valence-electron chi connectivity index (χ2n) is 5.35. The lowest BCUT2D eigenvalue weighted by Gasteiger charge is -2.12. The number of rotatable bonds is 5. The van der Waals surface area contributed by atoms with E-state index >= 15 is 0 Å². The van der Waals surface area contributed by atoms with Crippen LogP contribution in [0.25, 0.3) is 11.4 Å². The van der Waals surface area contributed by atoms with Crippen LogP contribution in [0.2, 0.25) is 0 Å². The van der Waals surface area contributed by atoms with Gasteiger partial charge in [-0.3, -0.25) is 19.6 Å². The van der Waals surface area contributed by atoms with Gasteiger partial charge in [0, 0.05) is 37.1 Å². The van der Waals surface area contributed by atoms with Crippen LogP contribution in [0.15, 0.2) is 36.0 Å². The smallest absolute Gasteiger partial charge is 0.255 e. The molecule has 0 unspecified atom stereocenters. The molecule has 8 nitrogen and oxygen atoms in total. The summed E-state index contributed by atoms with van der Waals surface area (Å²) in [6, 6.07) is 7.48. The normalized spacial score (nSPS) is 14.0. The second-order valence-corrected chi connectivity index (χ2v) is 5.35. The highest BCUT2D eigenvalue weighted by atomic mass is 16.5. The van der Waals surface area contributed by atoms with Crippen molar-refractivity contribution in [2.45, 2.75) is 13.5 Å². The molecule has 2 amide bonds. The topological polar surface area (TPSA) is 100 Å². The molecule has 2 heterocycles. The second kappa shape index (κ2) is 6.63. The van der Waals surface area contributed by atoms with Crippen molar-refractivity contribution in [3.05, 3.63) is 41.9 Å². The minimum atomic E-state index is -0.298. The maximum Gasteiger partial charge on any atom is 0.255 e. The lowest BCUT2D eigenvalue weighted by atomic mass is 10.2. The summed E-state index contributed by atoms with van der Waals surface area (Å²) >= 11 is 0. The van der Waals surface area contributed by atoms with Crippen molar-refractivity contribution in [3.63, 3.8) is 0 Å². The molecule has 0 atom stereocenters. The van der Waals surface area contributed by atoms with Crippen LogP contribution < -0.4 is 5.32 Å². The van der Waals surface area contributed by atoms with Gasteiger partial charge in [0.25, 0.3) is 5.91 Å². The molecule has 1 aliphatic rings. The Bertz CT molecular complexity index is 794. The summed E-state index contributed by atoms with van der Waals surface area (Å²) in [5, 5.41) is 10.1. The summed E-state index contributed by atoms with van der Waals surface area (Å²) in [5.41, 5.74) is 2.36. The Balaban J connectivity index is 1.68. The fourth-order valence-corrected chi connectivity index (χ4v) is 2.38. The molecule has 8 heteroatoms. The fourth-order valence-electron chi connectivity index (χ4n) is 2.38. The Morgan fingerprint density at radius 3 is 2.75 bits per heavy atom. The molecule has 1 aliphatic heterocycles. The van der Waals surface area contributed by atoms with E-state index in [4.69, 9.17) is 4.74 Å². The van der Waals surface area contributed by atoms with Crippen LogP contribution in [0.3, 0.4) is 0 Å². The van der Waals surface area contributed by atoms with Gasteiger partial charge in [-0.15, -0.1) is 0 Å². The van der Waals surface area contributed by atoms with Gasteiger partial charge >= 0.3 is 0 Å². The van der Waals surface area contributed by atoms with E-state index in [1.54, 1.807) is 7.11 Å². The third-order valence-corrected chi connectivity index (χ3v) is 3.53. The van der Waals surface area contributed by atoms with Gasteiger partial charge in [0.2, 0.25) is 5.91 Å². The van der Waals surface area contributed by atoms with Gasteiger partial charge in [-0.2, -0.15) is 5.10 Å². The Labute approximate surface area is 138 Å². The molecule has 24 heavy (non-hydrogen) atoms. The van der Waals surface area contributed by atoms with E-state index in [-0.39, 0.29) is 18.4 Å². The van der Waals surface area contributed by atoms with Crippen LogP contribution in [-0.2, 0) is 20.9 Å². The minimum Gasteiger partial charge on any atom is -0.377 e. The number of H-pyrrole nitrogens is 1. The SMILES string of the molecule is COCc1nc(-c2ccc(NC3=CC(=O)N(C(C)=O)C3)cc2)n[nH]1. The summed E-state index contributed by atoms with van der Waals surface area (Å²) in [5.74, 6) is 0.688. The highest BCUT2D eigenvalue weighted by Crippen LogP contribution is 2.20. The van der Waals surface area contributed by atoms with Crippen LogP contribution in [0.1, 0.15) is 12.7 Å². The molecule has 0 radical (unpaired) electrons. The summed E-state index contributed by atoms with van der Waals surface area (Å²) in [6.45, 7) is 2.01. The van der Waals surface area contributed by atoms with Crippen molar-refractivity contribution in [2.75, 3.05) is 19.0 Å². The number of benzene rings is 1. The van der Waals surface area contributed by atoms with E-state index in [1.807, 2.05) is 24.3 Å². The average molecular weight is 327 g/mol. The first-order chi connectivity index (χ1) is 11.6. The molecule has 1 aromatic carbocycles. The number of hydrogen-bond acceptors (Lipinski definition) is 6. The zero-order valence-corrected chi connectivity index (χ0v) is 13.4. The number of ether oxygens (including phenoxy) is 1. The number of hydrogen-bond donors (Lipinski definition) is 2. The predicted molar refractivity (Wildman–Crippen MR) is 86.6 cm³/mol. The van der Waals surface area contributed by atoms with Gasteiger partial charge < -0.3 is 10.1 Å². The quantitative estimate of drug-likeness (QED) is 0.858. The van der Waals surface area contributed by atoms with Crippen LogP contribution in [-0.4, -0.2) is 45.6 Å². The molecule has 3 rings (SSSR count). The third kappa shape index (κ3) is 3.33.